The second kappa shape index (κ2) is 7.87. The van der Waals surface area contributed by atoms with Crippen LogP contribution in [0.3, 0.4) is 0 Å². The van der Waals surface area contributed by atoms with Gasteiger partial charge in [0.05, 0.1) is 12.1 Å². The van der Waals surface area contributed by atoms with Crippen LogP contribution in [0.25, 0.3) is 0 Å². The first kappa shape index (κ1) is 18.4. The monoisotopic (exact) mass is 357 g/mol. The number of likely N-dealkylation sites (tertiary alicyclic amines) is 1. The number of aliphatic hydroxyl groups is 1. The lowest BCUT2D eigenvalue weighted by Crippen LogP contribution is -2.51. The first-order valence-corrected chi connectivity index (χ1v) is 8.94. The first-order valence-electron chi connectivity index (χ1n) is 8.94. The van der Waals surface area contributed by atoms with E-state index in [9.17, 15) is 14.3 Å². The standard InChI is InChI=1S/C21H24FNO3/c1-14(2)15-6-5-7-16(12-15)26-20-10-11-23(13-19(20)24)21(25)17-8-3-4-9-18(17)22/h3-9,12,14,19-20,24H,10-11,13H2,1-2H3/t19-,20-/m1/s1. The van der Waals surface area contributed by atoms with Gasteiger partial charge >= 0.3 is 0 Å². The number of nitrogens with zero attached hydrogens (tertiary/aromatic N) is 1. The molecule has 1 aliphatic rings. The number of aliphatic hydroxyl groups excluding tert-OH is 1. The maximum absolute atomic E-state index is 13.8. The number of halogens is 1. The van der Waals surface area contributed by atoms with E-state index in [1.165, 1.54) is 22.6 Å². The summed E-state index contributed by atoms with van der Waals surface area (Å²) in [6, 6.07) is 13.7. The molecule has 0 radical (unpaired) electrons. The molecule has 0 saturated carbocycles. The predicted octanol–water partition coefficient (Wildman–Crippen LogP) is 3.60. The molecule has 4 nitrogen and oxygen atoms in total. The molecule has 1 saturated heterocycles. The van der Waals surface area contributed by atoms with E-state index in [1.54, 1.807) is 12.1 Å². The van der Waals surface area contributed by atoms with Crippen molar-refractivity contribution in [3.8, 4) is 5.75 Å². The topological polar surface area (TPSA) is 49.8 Å². The van der Waals surface area contributed by atoms with Gasteiger partial charge < -0.3 is 14.7 Å². The van der Waals surface area contributed by atoms with Gasteiger partial charge in [0.15, 0.2) is 0 Å². The summed E-state index contributed by atoms with van der Waals surface area (Å²) in [5, 5.41) is 10.4. The highest BCUT2D eigenvalue weighted by molar-refractivity contribution is 5.94. The van der Waals surface area contributed by atoms with Crippen LogP contribution in [-0.4, -0.2) is 41.2 Å². The van der Waals surface area contributed by atoms with Gasteiger partial charge in [-0.2, -0.15) is 0 Å². The molecule has 0 aliphatic carbocycles. The van der Waals surface area contributed by atoms with Crippen molar-refractivity contribution in [1.82, 2.24) is 4.90 Å². The minimum atomic E-state index is -0.817. The predicted molar refractivity (Wildman–Crippen MR) is 97.9 cm³/mol. The Labute approximate surface area is 153 Å². The Hall–Kier alpha value is -2.40. The lowest BCUT2D eigenvalue weighted by Gasteiger charge is -2.36. The van der Waals surface area contributed by atoms with Crippen molar-refractivity contribution in [2.24, 2.45) is 0 Å². The Bertz CT molecular complexity index is 777. The molecule has 5 heteroatoms. The van der Waals surface area contributed by atoms with E-state index < -0.39 is 17.8 Å². The summed E-state index contributed by atoms with van der Waals surface area (Å²) in [7, 11) is 0. The number of hydrogen-bond acceptors (Lipinski definition) is 3. The smallest absolute Gasteiger partial charge is 0.256 e. The fourth-order valence-corrected chi connectivity index (χ4v) is 3.16. The summed E-state index contributed by atoms with van der Waals surface area (Å²) in [5.74, 6) is 0.163. The van der Waals surface area contributed by atoms with Crippen molar-refractivity contribution in [1.29, 1.82) is 0 Å². The van der Waals surface area contributed by atoms with Crippen molar-refractivity contribution in [2.45, 2.75) is 38.4 Å². The number of carbonyl (C=O) groups is 1. The van der Waals surface area contributed by atoms with Crippen LogP contribution in [0.4, 0.5) is 4.39 Å². The Kier molecular flexibility index (Phi) is 5.57. The molecule has 26 heavy (non-hydrogen) atoms. The van der Waals surface area contributed by atoms with E-state index >= 15 is 0 Å². The summed E-state index contributed by atoms with van der Waals surface area (Å²) in [6.45, 7) is 4.77. The zero-order valence-corrected chi connectivity index (χ0v) is 15.1. The van der Waals surface area contributed by atoms with Crippen molar-refractivity contribution in [2.75, 3.05) is 13.1 Å². The third-order valence-corrected chi connectivity index (χ3v) is 4.72. The summed E-state index contributed by atoms with van der Waals surface area (Å²) in [4.78, 5) is 14.0. The number of benzene rings is 2. The maximum Gasteiger partial charge on any atom is 0.256 e. The largest absolute Gasteiger partial charge is 0.488 e. The lowest BCUT2D eigenvalue weighted by molar-refractivity contribution is -0.0200. The average molecular weight is 357 g/mol. The lowest BCUT2D eigenvalue weighted by atomic mass is 10.0. The van der Waals surface area contributed by atoms with E-state index in [2.05, 4.69) is 13.8 Å². The van der Waals surface area contributed by atoms with Crippen LogP contribution in [0.1, 0.15) is 42.1 Å². The molecule has 0 unspecified atom stereocenters. The Balaban J connectivity index is 1.64. The van der Waals surface area contributed by atoms with E-state index in [0.717, 1.165) is 0 Å². The highest BCUT2D eigenvalue weighted by atomic mass is 19.1. The molecule has 1 fully saturated rings. The van der Waals surface area contributed by atoms with E-state index in [1.807, 2.05) is 24.3 Å². The van der Waals surface area contributed by atoms with Crippen molar-refractivity contribution < 1.29 is 19.0 Å². The summed E-state index contributed by atoms with van der Waals surface area (Å²) < 4.78 is 19.8. The molecular weight excluding hydrogens is 333 g/mol. The third kappa shape index (κ3) is 4.05. The summed E-state index contributed by atoms with van der Waals surface area (Å²) >= 11 is 0. The van der Waals surface area contributed by atoms with E-state index in [-0.39, 0.29) is 18.2 Å². The molecule has 2 atom stereocenters. The van der Waals surface area contributed by atoms with Gasteiger partial charge in [-0.15, -0.1) is 0 Å². The fraction of sp³-hybridized carbons (Fsp3) is 0.381. The number of carbonyl (C=O) groups excluding carboxylic acids is 1. The van der Waals surface area contributed by atoms with Gasteiger partial charge in [-0.3, -0.25) is 4.79 Å². The molecule has 2 aromatic rings. The van der Waals surface area contributed by atoms with Crippen LogP contribution >= 0.6 is 0 Å². The fourth-order valence-electron chi connectivity index (χ4n) is 3.16. The molecule has 3 rings (SSSR count). The van der Waals surface area contributed by atoms with Gasteiger partial charge in [0.2, 0.25) is 0 Å². The molecular formula is C21H24FNO3. The van der Waals surface area contributed by atoms with Gasteiger partial charge in [0.1, 0.15) is 23.8 Å². The number of ether oxygens (including phenoxy) is 1. The molecule has 0 spiro atoms. The number of β-amino-alcohol motifs (C(OH)–C–C–N with tert-alkyl or cyclic N) is 1. The number of rotatable bonds is 4. The van der Waals surface area contributed by atoms with Gasteiger partial charge in [0.25, 0.3) is 5.91 Å². The summed E-state index contributed by atoms with van der Waals surface area (Å²) in [5.41, 5.74) is 1.20. The molecule has 0 aromatic heterocycles. The van der Waals surface area contributed by atoms with Crippen LogP contribution < -0.4 is 4.74 Å². The third-order valence-electron chi connectivity index (χ3n) is 4.72. The zero-order chi connectivity index (χ0) is 18.7. The van der Waals surface area contributed by atoms with Gasteiger partial charge in [-0.25, -0.2) is 4.39 Å². The molecule has 2 aromatic carbocycles. The minimum Gasteiger partial charge on any atom is -0.488 e. The van der Waals surface area contributed by atoms with Crippen LogP contribution in [-0.2, 0) is 0 Å². The second-order valence-electron chi connectivity index (χ2n) is 6.97. The number of piperidine rings is 1. The van der Waals surface area contributed by atoms with Crippen LogP contribution in [0.2, 0.25) is 0 Å². The maximum atomic E-state index is 13.8. The van der Waals surface area contributed by atoms with Crippen LogP contribution in [0.5, 0.6) is 5.75 Å². The van der Waals surface area contributed by atoms with Crippen LogP contribution in [0.15, 0.2) is 48.5 Å². The van der Waals surface area contributed by atoms with Crippen molar-refractivity contribution in [3.63, 3.8) is 0 Å². The molecule has 1 aliphatic heterocycles. The number of amides is 1. The molecule has 138 valence electrons. The first-order chi connectivity index (χ1) is 12.5. The Morgan fingerprint density at radius 1 is 1.23 bits per heavy atom. The highest BCUT2D eigenvalue weighted by Crippen LogP contribution is 2.24. The van der Waals surface area contributed by atoms with Crippen LogP contribution in [0, 0.1) is 5.82 Å². The van der Waals surface area contributed by atoms with Crippen molar-refractivity contribution >= 4 is 5.91 Å². The van der Waals surface area contributed by atoms with Crippen molar-refractivity contribution in [3.05, 3.63) is 65.5 Å². The minimum absolute atomic E-state index is 0.0312. The normalized spacial score (nSPS) is 20.3. The molecule has 0 bridgehead atoms. The summed E-state index contributed by atoms with van der Waals surface area (Å²) in [6.07, 6.45) is -0.711. The van der Waals surface area contributed by atoms with E-state index in [0.29, 0.717) is 24.6 Å². The Morgan fingerprint density at radius 3 is 2.69 bits per heavy atom. The second-order valence-corrected chi connectivity index (χ2v) is 6.97. The van der Waals surface area contributed by atoms with Gasteiger partial charge in [0, 0.05) is 13.0 Å². The molecule has 1 N–H and O–H groups in total. The molecule has 1 amide bonds. The zero-order valence-electron chi connectivity index (χ0n) is 15.1. The Morgan fingerprint density at radius 2 is 2.00 bits per heavy atom. The number of hydrogen-bond donors (Lipinski definition) is 1. The quantitative estimate of drug-likeness (QED) is 0.909. The van der Waals surface area contributed by atoms with E-state index in [4.69, 9.17) is 4.74 Å². The highest BCUT2D eigenvalue weighted by Gasteiger charge is 2.32. The average Bonchev–Trinajstić information content (AvgIpc) is 2.63. The van der Waals surface area contributed by atoms with Gasteiger partial charge in [-0.1, -0.05) is 38.1 Å². The SMILES string of the molecule is CC(C)c1cccc(O[C@@H]2CCN(C(=O)c3ccccc3F)C[C@H]2O)c1. The van der Waals surface area contributed by atoms with Gasteiger partial charge in [-0.05, 0) is 35.7 Å². The molecule has 1 heterocycles.